The molecule has 1 heterocycles. The van der Waals surface area contributed by atoms with Crippen molar-refractivity contribution >= 4 is 11.6 Å². The molecule has 0 aliphatic carbocycles. The van der Waals surface area contributed by atoms with E-state index in [0.717, 1.165) is 11.4 Å². The largest absolute Gasteiger partial charge is 0.491 e. The third kappa shape index (κ3) is 4.69. The minimum Gasteiger partial charge on any atom is -0.491 e. The molecule has 1 aliphatic rings. The first-order valence-corrected chi connectivity index (χ1v) is 8.11. The molecule has 5 heteroatoms. The van der Waals surface area contributed by atoms with E-state index in [4.69, 9.17) is 14.2 Å². The van der Waals surface area contributed by atoms with Gasteiger partial charge in [-0.05, 0) is 45.0 Å². The second kappa shape index (κ2) is 7.32. The number of anilines is 1. The first-order valence-electron chi connectivity index (χ1n) is 8.11. The lowest BCUT2D eigenvalue weighted by Crippen LogP contribution is -2.48. The predicted molar refractivity (Wildman–Crippen MR) is 89.5 cm³/mol. The van der Waals surface area contributed by atoms with Gasteiger partial charge in [-0.2, -0.15) is 0 Å². The Balaban J connectivity index is 1.93. The van der Waals surface area contributed by atoms with Crippen LogP contribution in [0.5, 0.6) is 5.75 Å². The Morgan fingerprint density at radius 1 is 1.17 bits per heavy atom. The van der Waals surface area contributed by atoms with Gasteiger partial charge >= 0.3 is 0 Å². The van der Waals surface area contributed by atoms with Crippen LogP contribution >= 0.6 is 0 Å². The van der Waals surface area contributed by atoms with Crippen LogP contribution in [0, 0.1) is 11.3 Å². The molecule has 0 bridgehead atoms. The smallest absolute Gasteiger partial charge is 0.234 e. The Morgan fingerprint density at radius 3 is 2.22 bits per heavy atom. The highest BCUT2D eigenvalue weighted by Gasteiger charge is 2.40. The van der Waals surface area contributed by atoms with E-state index >= 15 is 0 Å². The van der Waals surface area contributed by atoms with Gasteiger partial charge in [0.1, 0.15) is 5.75 Å². The molecular weight excluding hydrogens is 294 g/mol. The summed E-state index contributed by atoms with van der Waals surface area (Å²) < 4.78 is 16.9. The van der Waals surface area contributed by atoms with Gasteiger partial charge in [-0.3, -0.25) is 4.79 Å². The van der Waals surface area contributed by atoms with Crippen molar-refractivity contribution in [2.45, 2.75) is 47.0 Å². The van der Waals surface area contributed by atoms with Crippen molar-refractivity contribution < 1.29 is 19.0 Å². The highest BCUT2D eigenvalue weighted by atomic mass is 16.7. The van der Waals surface area contributed by atoms with Gasteiger partial charge in [-0.1, -0.05) is 13.8 Å². The Bertz CT molecular complexity index is 516. The van der Waals surface area contributed by atoms with E-state index in [9.17, 15) is 4.79 Å². The number of amides is 1. The molecule has 1 aromatic rings. The summed E-state index contributed by atoms with van der Waals surface area (Å²) in [6, 6.07) is 7.36. The minimum absolute atomic E-state index is 0.0998. The van der Waals surface area contributed by atoms with Crippen molar-refractivity contribution in [1.82, 2.24) is 0 Å². The van der Waals surface area contributed by atoms with Gasteiger partial charge in [0.2, 0.25) is 5.91 Å². The third-order valence-electron chi connectivity index (χ3n) is 3.71. The Morgan fingerprint density at radius 2 is 1.74 bits per heavy atom. The van der Waals surface area contributed by atoms with E-state index in [1.54, 1.807) is 0 Å². The van der Waals surface area contributed by atoms with Gasteiger partial charge in [0.25, 0.3) is 0 Å². The molecule has 1 amide bonds. The van der Waals surface area contributed by atoms with Crippen LogP contribution in [0.15, 0.2) is 24.3 Å². The maximum absolute atomic E-state index is 12.5. The molecule has 0 unspecified atom stereocenters. The van der Waals surface area contributed by atoms with Crippen LogP contribution in [0.4, 0.5) is 5.69 Å². The van der Waals surface area contributed by atoms with Crippen molar-refractivity contribution in [2.24, 2.45) is 11.3 Å². The fraction of sp³-hybridized carbons (Fsp3) is 0.611. The first kappa shape index (κ1) is 17.8. The molecule has 0 radical (unpaired) electrons. The Labute approximate surface area is 138 Å². The Kier molecular flexibility index (Phi) is 5.65. The van der Waals surface area contributed by atoms with E-state index in [-0.39, 0.29) is 24.2 Å². The second-order valence-corrected chi connectivity index (χ2v) is 6.94. The molecule has 23 heavy (non-hydrogen) atoms. The summed E-state index contributed by atoms with van der Waals surface area (Å²) >= 11 is 0. The molecule has 0 aromatic heterocycles. The lowest BCUT2D eigenvalue weighted by atomic mass is 9.90. The Hall–Kier alpha value is -1.59. The van der Waals surface area contributed by atoms with Gasteiger partial charge < -0.3 is 19.5 Å². The van der Waals surface area contributed by atoms with E-state index in [1.807, 2.05) is 58.9 Å². The van der Waals surface area contributed by atoms with Crippen molar-refractivity contribution in [3.05, 3.63) is 24.3 Å². The average Bonchev–Trinajstić information content (AvgIpc) is 2.49. The van der Waals surface area contributed by atoms with Crippen molar-refractivity contribution in [2.75, 3.05) is 18.5 Å². The lowest BCUT2D eigenvalue weighted by molar-refractivity contribution is -0.237. The van der Waals surface area contributed by atoms with Crippen molar-refractivity contribution in [3.8, 4) is 5.75 Å². The molecule has 5 nitrogen and oxygen atoms in total. The number of nitrogens with one attached hydrogen (secondary N) is 1. The molecule has 0 atom stereocenters. The van der Waals surface area contributed by atoms with Crippen LogP contribution in [-0.4, -0.2) is 31.5 Å². The van der Waals surface area contributed by atoms with Crippen molar-refractivity contribution in [1.29, 1.82) is 0 Å². The molecule has 2 rings (SSSR count). The monoisotopic (exact) mass is 321 g/mol. The maximum Gasteiger partial charge on any atom is 0.234 e. The highest BCUT2D eigenvalue weighted by Crippen LogP contribution is 2.28. The molecule has 1 fully saturated rings. The van der Waals surface area contributed by atoms with Crippen LogP contribution in [0.3, 0.4) is 0 Å². The zero-order valence-corrected chi connectivity index (χ0v) is 14.6. The summed E-state index contributed by atoms with van der Waals surface area (Å²) in [7, 11) is 0. The fourth-order valence-corrected chi connectivity index (χ4v) is 2.31. The number of benzene rings is 1. The number of rotatable bonds is 5. The molecule has 1 aromatic carbocycles. The standard InChI is InChI=1S/C18H27NO4/c1-12(2)16-21-10-18(5,11-22-16)17(20)19-14-6-8-15(9-7-14)23-13(3)4/h6-9,12-13,16H,10-11H2,1-5H3,(H,19,20). The molecule has 1 N–H and O–H groups in total. The average molecular weight is 321 g/mol. The summed E-state index contributed by atoms with van der Waals surface area (Å²) in [6.45, 7) is 10.6. The van der Waals surface area contributed by atoms with Gasteiger partial charge in [0, 0.05) is 11.6 Å². The van der Waals surface area contributed by atoms with Crippen molar-refractivity contribution in [3.63, 3.8) is 0 Å². The molecule has 1 saturated heterocycles. The van der Waals surface area contributed by atoms with E-state index in [1.165, 1.54) is 0 Å². The van der Waals surface area contributed by atoms with E-state index < -0.39 is 5.41 Å². The number of hydrogen-bond acceptors (Lipinski definition) is 4. The number of ether oxygens (including phenoxy) is 3. The third-order valence-corrected chi connectivity index (χ3v) is 3.71. The van der Waals surface area contributed by atoms with Crippen LogP contribution < -0.4 is 10.1 Å². The zero-order valence-electron chi connectivity index (χ0n) is 14.6. The molecular formula is C18H27NO4. The molecule has 128 valence electrons. The van der Waals surface area contributed by atoms with Crippen LogP contribution in [0.2, 0.25) is 0 Å². The van der Waals surface area contributed by atoms with Gasteiger partial charge in [-0.25, -0.2) is 0 Å². The summed E-state index contributed by atoms with van der Waals surface area (Å²) in [4.78, 5) is 12.5. The SMILES string of the molecule is CC(C)Oc1ccc(NC(=O)C2(C)COC(C(C)C)OC2)cc1. The van der Waals surface area contributed by atoms with E-state index in [0.29, 0.717) is 13.2 Å². The van der Waals surface area contributed by atoms with Gasteiger partial charge in [0.15, 0.2) is 6.29 Å². The summed E-state index contributed by atoms with van der Waals surface area (Å²) in [5, 5.41) is 2.92. The second-order valence-electron chi connectivity index (χ2n) is 6.94. The molecule has 0 saturated carbocycles. The lowest BCUT2D eigenvalue weighted by Gasteiger charge is -2.37. The van der Waals surface area contributed by atoms with Crippen LogP contribution in [0.1, 0.15) is 34.6 Å². The minimum atomic E-state index is -0.682. The fourth-order valence-electron chi connectivity index (χ4n) is 2.31. The van der Waals surface area contributed by atoms with Crippen LogP contribution in [0.25, 0.3) is 0 Å². The van der Waals surface area contributed by atoms with E-state index in [2.05, 4.69) is 5.32 Å². The summed E-state index contributed by atoms with van der Waals surface area (Å²) in [5.74, 6) is 0.960. The number of carbonyl (C=O) groups excluding carboxylic acids is 1. The number of carbonyl (C=O) groups is 1. The van der Waals surface area contributed by atoms with Gasteiger partial charge in [0.05, 0.1) is 24.7 Å². The predicted octanol–water partition coefficient (Wildman–Crippen LogP) is 3.45. The number of hydrogen-bond donors (Lipinski definition) is 1. The maximum atomic E-state index is 12.5. The molecule has 1 aliphatic heterocycles. The van der Waals surface area contributed by atoms with Gasteiger partial charge in [-0.15, -0.1) is 0 Å². The molecule has 0 spiro atoms. The topological polar surface area (TPSA) is 56.8 Å². The normalized spacial score (nSPS) is 24.7. The quantitative estimate of drug-likeness (QED) is 0.902. The zero-order chi connectivity index (χ0) is 17.0. The summed E-state index contributed by atoms with van der Waals surface area (Å²) in [5.41, 5.74) is 0.0525. The van der Waals surface area contributed by atoms with Crippen LogP contribution in [-0.2, 0) is 14.3 Å². The summed E-state index contributed by atoms with van der Waals surface area (Å²) in [6.07, 6.45) is -0.108. The first-order chi connectivity index (χ1) is 10.8. The highest BCUT2D eigenvalue weighted by molar-refractivity contribution is 5.95.